The van der Waals surface area contributed by atoms with Gasteiger partial charge in [-0.1, -0.05) is 46.3 Å². The minimum Gasteiger partial charge on any atom is -0.508 e. The van der Waals surface area contributed by atoms with Crippen molar-refractivity contribution in [1.82, 2.24) is 0 Å². The predicted molar refractivity (Wildman–Crippen MR) is 81.8 cm³/mol. The SMILES string of the molecule is O=C(O)c1ccc(O)c(C(CCBr)c2ccccc2)c1. The monoisotopic (exact) mass is 334 g/mol. The van der Waals surface area contributed by atoms with Crippen molar-refractivity contribution in [1.29, 1.82) is 0 Å². The molecule has 0 saturated heterocycles. The van der Waals surface area contributed by atoms with E-state index in [-0.39, 0.29) is 17.2 Å². The van der Waals surface area contributed by atoms with Gasteiger partial charge in [0.15, 0.2) is 0 Å². The fraction of sp³-hybridized carbons (Fsp3) is 0.188. The molecule has 0 heterocycles. The summed E-state index contributed by atoms with van der Waals surface area (Å²) in [5.74, 6) is -0.892. The van der Waals surface area contributed by atoms with Gasteiger partial charge in [0.25, 0.3) is 0 Å². The number of carboxylic acid groups (broad SMARTS) is 1. The van der Waals surface area contributed by atoms with Crippen molar-refractivity contribution in [3.8, 4) is 5.75 Å². The van der Waals surface area contributed by atoms with Gasteiger partial charge >= 0.3 is 5.97 Å². The molecule has 4 heteroatoms. The third kappa shape index (κ3) is 3.20. The fourth-order valence-electron chi connectivity index (χ4n) is 2.26. The first-order chi connectivity index (χ1) is 9.63. The summed E-state index contributed by atoms with van der Waals surface area (Å²) in [5.41, 5.74) is 1.90. The second-order valence-electron chi connectivity index (χ2n) is 4.52. The third-order valence-corrected chi connectivity index (χ3v) is 3.71. The van der Waals surface area contributed by atoms with Crippen LogP contribution in [-0.2, 0) is 0 Å². The van der Waals surface area contributed by atoms with Crippen molar-refractivity contribution in [2.75, 3.05) is 5.33 Å². The Hall–Kier alpha value is -1.81. The summed E-state index contributed by atoms with van der Waals surface area (Å²) < 4.78 is 0. The Morgan fingerprint density at radius 3 is 2.45 bits per heavy atom. The lowest BCUT2D eigenvalue weighted by atomic mass is 9.87. The molecule has 0 aliphatic rings. The average Bonchev–Trinajstić information content (AvgIpc) is 2.46. The van der Waals surface area contributed by atoms with Crippen LogP contribution in [0.25, 0.3) is 0 Å². The van der Waals surface area contributed by atoms with E-state index in [1.54, 1.807) is 6.07 Å². The van der Waals surface area contributed by atoms with Gasteiger partial charge in [-0.25, -0.2) is 4.79 Å². The zero-order valence-electron chi connectivity index (χ0n) is 10.8. The highest BCUT2D eigenvalue weighted by Gasteiger charge is 2.18. The van der Waals surface area contributed by atoms with Crippen LogP contribution in [0.4, 0.5) is 0 Å². The molecule has 0 spiro atoms. The maximum Gasteiger partial charge on any atom is 0.335 e. The number of phenolic OH excluding ortho intramolecular Hbond substituents is 1. The van der Waals surface area contributed by atoms with Crippen molar-refractivity contribution in [3.63, 3.8) is 0 Å². The van der Waals surface area contributed by atoms with Gasteiger partial charge in [-0.15, -0.1) is 0 Å². The summed E-state index contributed by atoms with van der Waals surface area (Å²) in [4.78, 5) is 11.1. The molecule has 0 fully saturated rings. The summed E-state index contributed by atoms with van der Waals surface area (Å²) in [7, 11) is 0. The summed E-state index contributed by atoms with van der Waals surface area (Å²) in [6, 6.07) is 14.2. The first-order valence-corrected chi connectivity index (χ1v) is 7.42. The number of halogens is 1. The van der Waals surface area contributed by atoms with Gasteiger partial charge in [-0.05, 0) is 30.2 Å². The van der Waals surface area contributed by atoms with Gasteiger partial charge in [0, 0.05) is 16.8 Å². The summed E-state index contributed by atoms with van der Waals surface area (Å²) in [6.07, 6.45) is 0.778. The third-order valence-electron chi connectivity index (χ3n) is 3.25. The molecule has 2 aromatic rings. The minimum absolute atomic E-state index is 0.0325. The van der Waals surface area contributed by atoms with Crippen LogP contribution < -0.4 is 0 Å². The quantitative estimate of drug-likeness (QED) is 0.812. The molecule has 104 valence electrons. The molecule has 0 aliphatic heterocycles. The normalized spacial score (nSPS) is 12.1. The highest BCUT2D eigenvalue weighted by atomic mass is 79.9. The molecule has 0 aliphatic carbocycles. The van der Waals surface area contributed by atoms with E-state index in [0.29, 0.717) is 5.56 Å². The number of hydrogen-bond donors (Lipinski definition) is 2. The van der Waals surface area contributed by atoms with Gasteiger partial charge in [-0.3, -0.25) is 0 Å². The van der Waals surface area contributed by atoms with E-state index in [9.17, 15) is 9.90 Å². The van der Waals surface area contributed by atoms with Crippen molar-refractivity contribution < 1.29 is 15.0 Å². The van der Waals surface area contributed by atoms with Gasteiger partial charge in [0.1, 0.15) is 5.75 Å². The van der Waals surface area contributed by atoms with Crippen LogP contribution in [0.1, 0.15) is 33.8 Å². The van der Waals surface area contributed by atoms with E-state index in [1.807, 2.05) is 30.3 Å². The first-order valence-electron chi connectivity index (χ1n) is 6.30. The lowest BCUT2D eigenvalue weighted by Gasteiger charge is -2.18. The van der Waals surface area contributed by atoms with E-state index >= 15 is 0 Å². The summed E-state index contributed by atoms with van der Waals surface area (Å²) in [6.45, 7) is 0. The fourth-order valence-corrected chi connectivity index (χ4v) is 2.72. The lowest BCUT2D eigenvalue weighted by Crippen LogP contribution is -2.05. The molecule has 2 N–H and O–H groups in total. The highest BCUT2D eigenvalue weighted by molar-refractivity contribution is 9.09. The van der Waals surface area contributed by atoms with E-state index < -0.39 is 5.97 Å². The number of alkyl halides is 1. The summed E-state index contributed by atoms with van der Waals surface area (Å²) in [5, 5.41) is 19.9. The number of carboxylic acids is 1. The van der Waals surface area contributed by atoms with Crippen molar-refractivity contribution in [2.24, 2.45) is 0 Å². The second-order valence-corrected chi connectivity index (χ2v) is 5.31. The molecule has 0 amide bonds. The molecular formula is C16H15BrO3. The van der Waals surface area contributed by atoms with Crippen molar-refractivity contribution >= 4 is 21.9 Å². The number of hydrogen-bond acceptors (Lipinski definition) is 2. The number of benzene rings is 2. The van der Waals surface area contributed by atoms with Crippen LogP contribution in [-0.4, -0.2) is 21.5 Å². The maximum atomic E-state index is 11.1. The Labute approximate surface area is 126 Å². The van der Waals surface area contributed by atoms with E-state index in [4.69, 9.17) is 5.11 Å². The molecule has 0 bridgehead atoms. The molecule has 1 atom stereocenters. The Bertz CT molecular complexity index is 596. The largest absolute Gasteiger partial charge is 0.508 e. The van der Waals surface area contributed by atoms with E-state index in [2.05, 4.69) is 15.9 Å². The number of rotatable bonds is 5. The second kappa shape index (κ2) is 6.57. The molecule has 0 radical (unpaired) electrons. The van der Waals surface area contributed by atoms with Gasteiger partial charge in [0.2, 0.25) is 0 Å². The van der Waals surface area contributed by atoms with Gasteiger partial charge in [0.05, 0.1) is 5.56 Å². The highest BCUT2D eigenvalue weighted by Crippen LogP contribution is 2.34. The Morgan fingerprint density at radius 1 is 1.15 bits per heavy atom. The molecule has 1 unspecified atom stereocenters. The number of aromatic hydroxyl groups is 1. The van der Waals surface area contributed by atoms with E-state index in [0.717, 1.165) is 17.3 Å². The average molecular weight is 335 g/mol. The zero-order valence-corrected chi connectivity index (χ0v) is 12.4. The Balaban J connectivity index is 2.49. The molecular weight excluding hydrogens is 320 g/mol. The molecule has 0 saturated carbocycles. The molecule has 0 aromatic heterocycles. The topological polar surface area (TPSA) is 57.5 Å². The predicted octanol–water partition coefficient (Wildman–Crippen LogP) is 4.01. The first kappa shape index (κ1) is 14.6. The number of carbonyl (C=O) groups is 1. The number of phenols is 1. The van der Waals surface area contributed by atoms with Crippen LogP contribution in [0.15, 0.2) is 48.5 Å². The van der Waals surface area contributed by atoms with Gasteiger partial charge in [-0.2, -0.15) is 0 Å². The standard InChI is InChI=1S/C16H15BrO3/c17-9-8-13(11-4-2-1-3-5-11)14-10-12(16(19)20)6-7-15(14)18/h1-7,10,13,18H,8-9H2,(H,19,20). The van der Waals surface area contributed by atoms with Gasteiger partial charge < -0.3 is 10.2 Å². The van der Waals surface area contributed by atoms with Crippen molar-refractivity contribution in [3.05, 3.63) is 65.2 Å². The Kier molecular flexibility index (Phi) is 4.79. The van der Waals surface area contributed by atoms with Crippen LogP contribution >= 0.6 is 15.9 Å². The van der Waals surface area contributed by atoms with E-state index in [1.165, 1.54) is 12.1 Å². The summed E-state index contributed by atoms with van der Waals surface area (Å²) >= 11 is 3.42. The Morgan fingerprint density at radius 2 is 1.85 bits per heavy atom. The number of aromatic carboxylic acids is 1. The maximum absolute atomic E-state index is 11.1. The molecule has 2 aromatic carbocycles. The zero-order chi connectivity index (χ0) is 14.5. The van der Waals surface area contributed by atoms with Crippen LogP contribution in [0.5, 0.6) is 5.75 Å². The van der Waals surface area contributed by atoms with Crippen LogP contribution in [0.2, 0.25) is 0 Å². The smallest absolute Gasteiger partial charge is 0.335 e. The molecule has 20 heavy (non-hydrogen) atoms. The lowest BCUT2D eigenvalue weighted by molar-refractivity contribution is 0.0696. The van der Waals surface area contributed by atoms with Crippen LogP contribution in [0.3, 0.4) is 0 Å². The van der Waals surface area contributed by atoms with Crippen LogP contribution in [0, 0.1) is 0 Å². The molecule has 3 nitrogen and oxygen atoms in total. The molecule has 2 rings (SSSR count). The van der Waals surface area contributed by atoms with Crippen molar-refractivity contribution in [2.45, 2.75) is 12.3 Å². The minimum atomic E-state index is -0.989.